The summed E-state index contributed by atoms with van der Waals surface area (Å²) < 4.78 is 10.1. The lowest BCUT2D eigenvalue weighted by molar-refractivity contribution is -0.111. The van der Waals surface area contributed by atoms with Crippen LogP contribution in [0.5, 0.6) is 0 Å². The van der Waals surface area contributed by atoms with Crippen molar-refractivity contribution in [1.29, 1.82) is 0 Å². The van der Waals surface area contributed by atoms with Gasteiger partial charge in [-0.25, -0.2) is 4.79 Å². The van der Waals surface area contributed by atoms with E-state index in [2.05, 4.69) is 0 Å². The number of hydrogen-bond acceptors (Lipinski definition) is 5. The van der Waals surface area contributed by atoms with Crippen molar-refractivity contribution < 1.29 is 23.9 Å². The van der Waals surface area contributed by atoms with Gasteiger partial charge in [0.25, 0.3) is 0 Å². The zero-order chi connectivity index (χ0) is 20.4. The number of carbonyl (C=O) groups excluding carboxylic acids is 3. The first-order valence-electron chi connectivity index (χ1n) is 8.74. The average Bonchev–Trinajstić information content (AvgIpc) is 2.64. The van der Waals surface area contributed by atoms with Gasteiger partial charge in [0.2, 0.25) is 10.5 Å². The van der Waals surface area contributed by atoms with Crippen LogP contribution in [-0.2, 0) is 44.7 Å². The molecule has 2 aromatic carbocycles. The largest absolute Gasteiger partial charge is 0.508 e. The highest BCUT2D eigenvalue weighted by Gasteiger charge is 2.06. The van der Waals surface area contributed by atoms with E-state index in [0.717, 1.165) is 22.3 Å². The predicted octanol–water partition coefficient (Wildman–Crippen LogP) is 4.24. The molecule has 0 amide bonds. The van der Waals surface area contributed by atoms with E-state index < -0.39 is 16.6 Å². The Morgan fingerprint density at radius 3 is 1.25 bits per heavy atom. The summed E-state index contributed by atoms with van der Waals surface area (Å²) >= 11 is 10.7. The van der Waals surface area contributed by atoms with Crippen molar-refractivity contribution in [3.8, 4) is 0 Å². The third-order valence-corrected chi connectivity index (χ3v) is 4.22. The lowest BCUT2D eigenvalue weighted by atomic mass is 10.1. The summed E-state index contributed by atoms with van der Waals surface area (Å²) in [5.41, 5.74) is 3.64. The predicted molar refractivity (Wildman–Crippen MR) is 107 cm³/mol. The molecule has 0 fully saturated rings. The van der Waals surface area contributed by atoms with Gasteiger partial charge in [-0.1, -0.05) is 48.5 Å². The lowest BCUT2D eigenvalue weighted by Crippen LogP contribution is -2.12. The van der Waals surface area contributed by atoms with Crippen LogP contribution in [0.3, 0.4) is 0 Å². The topological polar surface area (TPSA) is 69.7 Å². The summed E-state index contributed by atoms with van der Waals surface area (Å²) in [5, 5.41) is -0.805. The van der Waals surface area contributed by atoms with Crippen molar-refractivity contribution in [3.63, 3.8) is 0 Å². The van der Waals surface area contributed by atoms with Crippen LogP contribution >= 0.6 is 23.2 Å². The quantitative estimate of drug-likeness (QED) is 0.422. The maximum Gasteiger partial charge on any atom is 0.508 e. The van der Waals surface area contributed by atoms with E-state index in [1.165, 1.54) is 0 Å². The molecule has 2 rings (SSSR count). The second-order valence-corrected chi connectivity index (χ2v) is 6.99. The Morgan fingerprint density at radius 2 is 0.929 bits per heavy atom. The van der Waals surface area contributed by atoms with Crippen LogP contribution in [-0.4, -0.2) is 29.9 Å². The van der Waals surface area contributed by atoms with Crippen molar-refractivity contribution in [2.24, 2.45) is 0 Å². The number of halogens is 2. The Hall–Kier alpha value is -2.37. The molecule has 7 heteroatoms. The molecule has 2 aromatic rings. The molecule has 0 aliphatic rings. The fourth-order valence-corrected chi connectivity index (χ4v) is 2.82. The summed E-state index contributed by atoms with van der Waals surface area (Å²) in [6, 6.07) is 14.8. The standard InChI is InChI=1S/C21H20Cl2O5/c22-19(24)13-17-5-1-15(2-6-17)9-11-27-21(26)28-12-10-16-3-7-18(8-4-16)14-20(23)25/h1-8H,9-14H2. The highest BCUT2D eigenvalue weighted by molar-refractivity contribution is 6.64. The van der Waals surface area contributed by atoms with Crippen molar-refractivity contribution >= 4 is 39.8 Å². The van der Waals surface area contributed by atoms with Gasteiger partial charge >= 0.3 is 6.16 Å². The highest BCUT2D eigenvalue weighted by atomic mass is 35.5. The van der Waals surface area contributed by atoms with E-state index in [1.54, 1.807) is 0 Å². The number of rotatable bonds is 10. The van der Waals surface area contributed by atoms with Crippen LogP contribution in [0.4, 0.5) is 4.79 Å². The molecule has 0 aliphatic heterocycles. The van der Waals surface area contributed by atoms with Crippen molar-refractivity contribution in [2.45, 2.75) is 25.7 Å². The Labute approximate surface area is 173 Å². The van der Waals surface area contributed by atoms with Crippen LogP contribution in [0.1, 0.15) is 22.3 Å². The first-order valence-corrected chi connectivity index (χ1v) is 9.50. The number of benzene rings is 2. The van der Waals surface area contributed by atoms with E-state index in [1.807, 2.05) is 48.5 Å². The van der Waals surface area contributed by atoms with E-state index in [0.29, 0.717) is 12.8 Å². The summed E-state index contributed by atoms with van der Waals surface area (Å²) in [5.74, 6) is 0. The Morgan fingerprint density at radius 1 is 0.607 bits per heavy atom. The fourth-order valence-electron chi connectivity index (χ4n) is 2.51. The first-order chi connectivity index (χ1) is 13.4. The van der Waals surface area contributed by atoms with Crippen LogP contribution < -0.4 is 0 Å². The van der Waals surface area contributed by atoms with Gasteiger partial charge in [-0.3, -0.25) is 9.59 Å². The molecule has 0 N–H and O–H groups in total. The van der Waals surface area contributed by atoms with E-state index in [4.69, 9.17) is 32.7 Å². The molecule has 148 valence electrons. The van der Waals surface area contributed by atoms with E-state index >= 15 is 0 Å². The molecule has 0 saturated carbocycles. The van der Waals surface area contributed by atoms with Crippen molar-refractivity contribution in [2.75, 3.05) is 13.2 Å². The number of carbonyl (C=O) groups is 3. The Bertz CT molecular complexity index is 733. The highest BCUT2D eigenvalue weighted by Crippen LogP contribution is 2.09. The molecular formula is C21H20Cl2O5. The minimum atomic E-state index is -0.714. The molecule has 0 spiro atoms. The zero-order valence-electron chi connectivity index (χ0n) is 15.2. The van der Waals surface area contributed by atoms with Crippen LogP contribution in [0.15, 0.2) is 48.5 Å². The van der Waals surface area contributed by atoms with Crippen molar-refractivity contribution in [3.05, 3.63) is 70.8 Å². The second kappa shape index (κ2) is 11.5. The second-order valence-electron chi connectivity index (χ2n) is 6.14. The molecule has 0 aliphatic carbocycles. The summed E-state index contributed by atoms with van der Waals surface area (Å²) in [6.07, 6.45) is 0.764. The molecular weight excluding hydrogens is 403 g/mol. The molecule has 0 aromatic heterocycles. The summed E-state index contributed by atoms with van der Waals surface area (Å²) in [6.45, 7) is 0.404. The minimum Gasteiger partial charge on any atom is -0.434 e. The summed E-state index contributed by atoms with van der Waals surface area (Å²) in [7, 11) is 0. The van der Waals surface area contributed by atoms with Gasteiger partial charge in [0.05, 0.1) is 13.2 Å². The van der Waals surface area contributed by atoms with E-state index in [9.17, 15) is 14.4 Å². The fraction of sp³-hybridized carbons (Fsp3) is 0.286. The van der Waals surface area contributed by atoms with Gasteiger partial charge in [-0.2, -0.15) is 0 Å². The summed E-state index contributed by atoms with van der Waals surface area (Å²) in [4.78, 5) is 33.3. The third-order valence-electron chi connectivity index (χ3n) is 3.95. The van der Waals surface area contributed by atoms with Gasteiger partial charge < -0.3 is 9.47 Å². The van der Waals surface area contributed by atoms with Gasteiger partial charge in [0.1, 0.15) is 0 Å². The molecule has 0 saturated heterocycles. The molecule has 0 unspecified atom stereocenters. The van der Waals surface area contributed by atoms with Gasteiger partial charge in [-0.05, 0) is 45.5 Å². The maximum absolute atomic E-state index is 11.6. The molecule has 0 atom stereocenters. The Balaban J connectivity index is 1.63. The van der Waals surface area contributed by atoms with E-state index in [-0.39, 0.29) is 26.1 Å². The molecule has 28 heavy (non-hydrogen) atoms. The van der Waals surface area contributed by atoms with Crippen LogP contribution in [0.25, 0.3) is 0 Å². The van der Waals surface area contributed by atoms with Gasteiger partial charge in [-0.15, -0.1) is 0 Å². The molecule has 5 nitrogen and oxygen atoms in total. The molecule has 0 radical (unpaired) electrons. The lowest BCUT2D eigenvalue weighted by Gasteiger charge is -2.07. The normalized spacial score (nSPS) is 10.4. The third kappa shape index (κ3) is 8.55. The first kappa shape index (κ1) is 21.9. The maximum atomic E-state index is 11.6. The number of hydrogen-bond donors (Lipinski definition) is 0. The van der Waals surface area contributed by atoms with Crippen molar-refractivity contribution in [1.82, 2.24) is 0 Å². The number of ether oxygens (including phenoxy) is 2. The van der Waals surface area contributed by atoms with Crippen LogP contribution in [0.2, 0.25) is 0 Å². The average molecular weight is 423 g/mol. The van der Waals surface area contributed by atoms with Crippen LogP contribution in [0, 0.1) is 0 Å². The van der Waals surface area contributed by atoms with Gasteiger partial charge in [0.15, 0.2) is 0 Å². The smallest absolute Gasteiger partial charge is 0.434 e. The zero-order valence-corrected chi connectivity index (χ0v) is 16.7. The SMILES string of the molecule is O=C(Cl)Cc1ccc(CCOC(=O)OCCc2ccc(CC(=O)Cl)cc2)cc1. The Kier molecular flexibility index (Phi) is 8.98. The molecule has 0 heterocycles. The molecule has 0 bridgehead atoms. The monoisotopic (exact) mass is 422 g/mol. The van der Waals surface area contributed by atoms with Gasteiger partial charge in [0, 0.05) is 25.7 Å². The minimum absolute atomic E-state index is 0.193.